The zero-order valence-corrected chi connectivity index (χ0v) is 15.2. The molecule has 0 fully saturated rings. The molecule has 0 amide bonds. The van der Waals surface area contributed by atoms with Crippen LogP contribution in [0.4, 0.5) is 0 Å². The Labute approximate surface area is 152 Å². The van der Waals surface area contributed by atoms with Gasteiger partial charge in [0.15, 0.2) is 11.0 Å². The minimum Gasteiger partial charge on any atom is -0.491 e. The van der Waals surface area contributed by atoms with Crippen molar-refractivity contribution in [2.24, 2.45) is 7.05 Å². The summed E-state index contributed by atoms with van der Waals surface area (Å²) in [5, 5.41) is 10.4. The van der Waals surface area contributed by atoms with E-state index in [0.717, 1.165) is 16.9 Å². The van der Waals surface area contributed by atoms with Crippen molar-refractivity contribution in [3.63, 3.8) is 0 Å². The Morgan fingerprint density at radius 3 is 2.77 bits per heavy atom. The predicted octanol–water partition coefficient (Wildman–Crippen LogP) is 2.00. The molecule has 1 heterocycles. The number of aliphatic hydroxyl groups is 1. The van der Waals surface area contributed by atoms with Gasteiger partial charge in [-0.05, 0) is 30.3 Å². The number of methoxy groups -OCH3 is 1. The fraction of sp³-hybridized carbons (Fsp3) is 0.300. The van der Waals surface area contributed by atoms with Crippen molar-refractivity contribution >= 4 is 17.0 Å². The van der Waals surface area contributed by atoms with Crippen molar-refractivity contribution in [3.8, 4) is 5.75 Å². The number of aromatic nitrogens is 2. The third kappa shape index (κ3) is 3.55. The summed E-state index contributed by atoms with van der Waals surface area (Å²) in [5.74, 6) is 1.16. The van der Waals surface area contributed by atoms with E-state index in [4.69, 9.17) is 9.47 Å². The molecule has 0 aliphatic carbocycles. The molecule has 1 aromatic heterocycles. The highest BCUT2D eigenvalue weighted by Gasteiger charge is 2.21. The summed E-state index contributed by atoms with van der Waals surface area (Å²) in [6.07, 6.45) is -0.689. The molecule has 6 nitrogen and oxygen atoms in total. The van der Waals surface area contributed by atoms with Gasteiger partial charge in [-0.1, -0.05) is 18.2 Å². The number of carbonyl (C=O) groups is 1. The van der Waals surface area contributed by atoms with Crippen LogP contribution in [0.25, 0.3) is 11.0 Å². The lowest BCUT2D eigenvalue weighted by Gasteiger charge is -2.12. The van der Waals surface area contributed by atoms with E-state index in [1.165, 1.54) is 7.11 Å². The molecule has 0 unspecified atom stereocenters. The topological polar surface area (TPSA) is 64.6 Å². The number of carbonyl (C=O) groups excluding carboxylic acids is 1. The quantitative estimate of drug-likeness (QED) is 0.543. The van der Waals surface area contributed by atoms with E-state index in [9.17, 15) is 9.90 Å². The van der Waals surface area contributed by atoms with Crippen LogP contribution in [0.3, 0.4) is 0 Å². The van der Waals surface area contributed by atoms with Gasteiger partial charge in [0.2, 0.25) is 0 Å². The number of esters is 1. The zero-order chi connectivity index (χ0) is 18.7. The number of aryl methyl sites for hydroxylation is 1. The minimum absolute atomic E-state index is 0.125. The maximum Gasteiger partial charge on any atom is 0.337 e. The molecule has 1 atom stereocenters. The van der Waals surface area contributed by atoms with Crippen LogP contribution in [0.5, 0.6) is 5.75 Å². The van der Waals surface area contributed by atoms with E-state index in [1.54, 1.807) is 24.3 Å². The highest BCUT2D eigenvalue weighted by Crippen LogP contribution is 2.16. The molecule has 0 aliphatic heterocycles. The second-order valence-corrected chi connectivity index (χ2v) is 6.19. The van der Waals surface area contributed by atoms with Gasteiger partial charge in [0.1, 0.15) is 25.0 Å². The van der Waals surface area contributed by atoms with Crippen molar-refractivity contribution in [2.45, 2.75) is 19.6 Å². The highest BCUT2D eigenvalue weighted by molar-refractivity contribution is 5.89. The molecule has 0 aliphatic rings. The molecular formula is C20H23N2O4+. The number of ether oxygens (including phenoxy) is 2. The van der Waals surface area contributed by atoms with Crippen molar-refractivity contribution < 1.29 is 23.9 Å². The standard InChI is InChI=1S/C20H23N2O4/c1-14-21(2)18-9-4-5-10-19(18)22(14)12-16(23)13-26-17-8-6-7-15(11-17)20(24)25-3/h4-11,16,23H,12-13H2,1-3H3/q+1/t16-/m0/s1. The summed E-state index contributed by atoms with van der Waals surface area (Å²) < 4.78 is 14.5. The van der Waals surface area contributed by atoms with Crippen molar-refractivity contribution in [3.05, 3.63) is 59.9 Å². The van der Waals surface area contributed by atoms with E-state index in [0.29, 0.717) is 17.9 Å². The van der Waals surface area contributed by atoms with Crippen LogP contribution in [-0.2, 0) is 18.3 Å². The number of benzene rings is 2. The normalized spacial score (nSPS) is 12.2. The third-order valence-electron chi connectivity index (χ3n) is 4.50. The van der Waals surface area contributed by atoms with E-state index in [2.05, 4.69) is 15.2 Å². The molecule has 2 aromatic carbocycles. The molecule has 0 saturated heterocycles. The largest absolute Gasteiger partial charge is 0.491 e. The summed E-state index contributed by atoms with van der Waals surface area (Å²) in [6, 6.07) is 14.8. The molecule has 0 spiro atoms. The number of hydrogen-bond donors (Lipinski definition) is 1. The average molecular weight is 355 g/mol. The monoisotopic (exact) mass is 355 g/mol. The van der Waals surface area contributed by atoms with E-state index in [-0.39, 0.29) is 6.61 Å². The van der Waals surface area contributed by atoms with Crippen LogP contribution in [0.2, 0.25) is 0 Å². The molecular weight excluding hydrogens is 332 g/mol. The second kappa shape index (κ2) is 7.58. The maximum absolute atomic E-state index is 11.6. The number of para-hydroxylation sites is 2. The number of fused-ring (bicyclic) bond motifs is 1. The Kier molecular flexibility index (Phi) is 5.23. The molecule has 3 aromatic rings. The van der Waals surface area contributed by atoms with Gasteiger partial charge in [-0.15, -0.1) is 0 Å². The summed E-state index contributed by atoms with van der Waals surface area (Å²) in [7, 11) is 3.35. The third-order valence-corrected chi connectivity index (χ3v) is 4.50. The van der Waals surface area contributed by atoms with Crippen molar-refractivity contribution in [2.75, 3.05) is 13.7 Å². The van der Waals surface area contributed by atoms with Crippen LogP contribution in [0, 0.1) is 6.92 Å². The van der Waals surface area contributed by atoms with E-state index < -0.39 is 12.1 Å². The van der Waals surface area contributed by atoms with E-state index >= 15 is 0 Å². The summed E-state index contributed by atoms with van der Waals surface area (Å²) >= 11 is 0. The van der Waals surface area contributed by atoms with Gasteiger partial charge in [0, 0.05) is 6.92 Å². The Balaban J connectivity index is 1.70. The molecule has 1 N–H and O–H groups in total. The fourth-order valence-electron chi connectivity index (χ4n) is 3.02. The predicted molar refractivity (Wildman–Crippen MR) is 97.1 cm³/mol. The lowest BCUT2D eigenvalue weighted by atomic mass is 10.2. The average Bonchev–Trinajstić information content (AvgIpc) is 2.91. The van der Waals surface area contributed by atoms with Crippen LogP contribution in [0.15, 0.2) is 48.5 Å². The SMILES string of the molecule is COC(=O)c1cccc(OC[C@@H](O)Cn2c(C)[n+](C)c3ccccc32)c1. The lowest BCUT2D eigenvalue weighted by Crippen LogP contribution is -2.32. The molecule has 6 heteroatoms. The first kappa shape index (κ1) is 17.9. The molecule has 26 heavy (non-hydrogen) atoms. The zero-order valence-electron chi connectivity index (χ0n) is 15.2. The van der Waals surface area contributed by atoms with Gasteiger partial charge in [-0.3, -0.25) is 0 Å². The highest BCUT2D eigenvalue weighted by atomic mass is 16.5. The molecule has 0 bridgehead atoms. The first-order chi connectivity index (χ1) is 12.5. The Bertz CT molecular complexity index is 933. The van der Waals surface area contributed by atoms with Crippen LogP contribution >= 0.6 is 0 Å². The molecule has 0 radical (unpaired) electrons. The van der Waals surface area contributed by atoms with Gasteiger partial charge in [0.25, 0.3) is 5.82 Å². The molecule has 3 rings (SSSR count). The van der Waals surface area contributed by atoms with Crippen LogP contribution < -0.4 is 9.30 Å². The first-order valence-corrected chi connectivity index (χ1v) is 8.44. The fourth-order valence-corrected chi connectivity index (χ4v) is 3.02. The van der Waals surface area contributed by atoms with Crippen LogP contribution in [0.1, 0.15) is 16.2 Å². The van der Waals surface area contributed by atoms with Crippen LogP contribution in [-0.4, -0.2) is 35.5 Å². The summed E-state index contributed by atoms with van der Waals surface area (Å²) in [5.41, 5.74) is 2.60. The Hall–Kier alpha value is -2.86. The van der Waals surface area contributed by atoms with Crippen molar-refractivity contribution in [1.82, 2.24) is 4.57 Å². The van der Waals surface area contributed by atoms with Gasteiger partial charge < -0.3 is 14.6 Å². The van der Waals surface area contributed by atoms with Gasteiger partial charge >= 0.3 is 5.97 Å². The number of aliphatic hydroxyl groups excluding tert-OH is 1. The summed E-state index contributed by atoms with van der Waals surface area (Å²) in [4.78, 5) is 11.6. The number of rotatable bonds is 6. The van der Waals surface area contributed by atoms with Gasteiger partial charge in [-0.2, -0.15) is 0 Å². The summed E-state index contributed by atoms with van der Waals surface area (Å²) in [6.45, 7) is 2.57. The number of nitrogens with zero attached hydrogens (tertiary/aromatic N) is 2. The van der Waals surface area contributed by atoms with Crippen molar-refractivity contribution in [1.29, 1.82) is 0 Å². The maximum atomic E-state index is 11.6. The minimum atomic E-state index is -0.689. The first-order valence-electron chi connectivity index (χ1n) is 8.44. The smallest absolute Gasteiger partial charge is 0.337 e. The Morgan fingerprint density at radius 2 is 2.00 bits per heavy atom. The number of hydrogen-bond acceptors (Lipinski definition) is 4. The molecule has 0 saturated carbocycles. The van der Waals surface area contributed by atoms with Gasteiger partial charge in [0.05, 0.1) is 19.7 Å². The Morgan fingerprint density at radius 1 is 1.23 bits per heavy atom. The second-order valence-electron chi connectivity index (χ2n) is 6.19. The number of imidazole rings is 1. The van der Waals surface area contributed by atoms with Gasteiger partial charge in [-0.25, -0.2) is 13.9 Å². The lowest BCUT2D eigenvalue weighted by molar-refractivity contribution is -0.652. The van der Waals surface area contributed by atoms with E-state index in [1.807, 2.05) is 32.2 Å². The molecule has 136 valence electrons.